The van der Waals surface area contributed by atoms with Crippen LogP contribution in [-0.4, -0.2) is 24.5 Å². The fourth-order valence-corrected chi connectivity index (χ4v) is 4.08. The molecule has 1 saturated carbocycles. The summed E-state index contributed by atoms with van der Waals surface area (Å²) < 4.78 is 12.9. The number of piperidine rings is 1. The Morgan fingerprint density at radius 2 is 1.81 bits per heavy atom. The Labute approximate surface area is 127 Å². The van der Waals surface area contributed by atoms with E-state index in [1.807, 2.05) is 12.1 Å². The summed E-state index contributed by atoms with van der Waals surface area (Å²) in [4.78, 5) is 2.59. The van der Waals surface area contributed by atoms with Gasteiger partial charge in [0.05, 0.1) is 0 Å². The summed E-state index contributed by atoms with van der Waals surface area (Å²) >= 11 is 0. The lowest BCUT2D eigenvalue weighted by molar-refractivity contribution is 0.0848. The number of fused-ring (bicyclic) bond motifs is 1. The summed E-state index contributed by atoms with van der Waals surface area (Å²) in [6.07, 6.45) is 8.07. The predicted octanol–water partition coefficient (Wildman–Crippen LogP) is 3.73. The molecule has 21 heavy (non-hydrogen) atoms. The van der Waals surface area contributed by atoms with E-state index in [-0.39, 0.29) is 11.9 Å². The fraction of sp³-hybridized carbons (Fsp3) is 0.667. The van der Waals surface area contributed by atoms with Crippen LogP contribution in [0.3, 0.4) is 0 Å². The van der Waals surface area contributed by atoms with Gasteiger partial charge >= 0.3 is 0 Å². The molecule has 1 aromatic rings. The van der Waals surface area contributed by atoms with Crippen LogP contribution >= 0.6 is 0 Å². The first-order chi connectivity index (χ1) is 10.2. The Hall–Kier alpha value is -0.930. The molecule has 0 amide bonds. The van der Waals surface area contributed by atoms with Crippen molar-refractivity contribution < 1.29 is 4.39 Å². The molecule has 0 spiro atoms. The number of halogens is 1. The van der Waals surface area contributed by atoms with Crippen molar-refractivity contribution in [2.45, 2.75) is 44.6 Å². The van der Waals surface area contributed by atoms with Crippen LogP contribution in [0.15, 0.2) is 24.3 Å². The summed E-state index contributed by atoms with van der Waals surface area (Å²) in [5.74, 6) is 1.72. The van der Waals surface area contributed by atoms with E-state index < -0.39 is 0 Å². The first-order valence-electron chi connectivity index (χ1n) is 8.46. The number of nitrogens with zero attached hydrogens (tertiary/aromatic N) is 1. The normalized spacial score (nSPS) is 28.1. The minimum atomic E-state index is -0.190. The van der Waals surface area contributed by atoms with Gasteiger partial charge in [0.15, 0.2) is 0 Å². The van der Waals surface area contributed by atoms with Gasteiger partial charge in [0.1, 0.15) is 5.82 Å². The SMILES string of the molecule is NC(CCN1CCC2CCCCC2C1)c1ccc(F)cc1. The molecule has 1 heterocycles. The van der Waals surface area contributed by atoms with Crippen molar-refractivity contribution in [1.82, 2.24) is 4.90 Å². The summed E-state index contributed by atoms with van der Waals surface area (Å²) in [7, 11) is 0. The van der Waals surface area contributed by atoms with Crippen LogP contribution in [0, 0.1) is 17.7 Å². The lowest BCUT2D eigenvalue weighted by Gasteiger charge is -2.41. The van der Waals surface area contributed by atoms with Gasteiger partial charge in [0, 0.05) is 12.6 Å². The fourth-order valence-electron chi connectivity index (χ4n) is 4.08. The zero-order valence-electron chi connectivity index (χ0n) is 12.8. The third-order valence-corrected chi connectivity index (χ3v) is 5.43. The molecule has 1 aliphatic carbocycles. The number of hydrogen-bond donors (Lipinski definition) is 1. The van der Waals surface area contributed by atoms with E-state index in [0.29, 0.717) is 0 Å². The molecule has 1 aromatic carbocycles. The van der Waals surface area contributed by atoms with Crippen molar-refractivity contribution in [2.75, 3.05) is 19.6 Å². The Morgan fingerprint density at radius 1 is 1.10 bits per heavy atom. The molecular weight excluding hydrogens is 263 g/mol. The molecule has 1 saturated heterocycles. The van der Waals surface area contributed by atoms with Crippen LogP contribution in [0.1, 0.15) is 50.1 Å². The average molecular weight is 290 g/mol. The maximum Gasteiger partial charge on any atom is 0.123 e. The van der Waals surface area contributed by atoms with E-state index in [9.17, 15) is 4.39 Å². The monoisotopic (exact) mass is 290 g/mol. The van der Waals surface area contributed by atoms with E-state index in [1.165, 1.54) is 57.3 Å². The molecule has 3 rings (SSSR count). The topological polar surface area (TPSA) is 29.3 Å². The molecule has 2 nitrogen and oxygen atoms in total. The number of nitrogens with two attached hydrogens (primary N) is 1. The van der Waals surface area contributed by atoms with Gasteiger partial charge in [-0.3, -0.25) is 0 Å². The van der Waals surface area contributed by atoms with Crippen LogP contribution in [0.4, 0.5) is 4.39 Å². The third kappa shape index (κ3) is 3.83. The lowest BCUT2D eigenvalue weighted by atomic mass is 9.75. The number of rotatable bonds is 4. The number of hydrogen-bond acceptors (Lipinski definition) is 2. The van der Waals surface area contributed by atoms with Crippen molar-refractivity contribution in [3.63, 3.8) is 0 Å². The van der Waals surface area contributed by atoms with Crippen LogP contribution in [0.2, 0.25) is 0 Å². The van der Waals surface area contributed by atoms with Gasteiger partial charge in [0.25, 0.3) is 0 Å². The number of benzene rings is 1. The van der Waals surface area contributed by atoms with E-state index in [1.54, 1.807) is 0 Å². The molecule has 0 radical (unpaired) electrons. The molecule has 3 atom stereocenters. The van der Waals surface area contributed by atoms with Gasteiger partial charge in [0.2, 0.25) is 0 Å². The lowest BCUT2D eigenvalue weighted by Crippen LogP contribution is -2.42. The first kappa shape index (κ1) is 15.0. The minimum absolute atomic E-state index is 0.0229. The van der Waals surface area contributed by atoms with E-state index in [2.05, 4.69) is 4.90 Å². The van der Waals surface area contributed by atoms with Crippen LogP contribution in [0.5, 0.6) is 0 Å². The Morgan fingerprint density at radius 3 is 2.57 bits per heavy atom. The minimum Gasteiger partial charge on any atom is -0.324 e. The third-order valence-electron chi connectivity index (χ3n) is 5.43. The summed E-state index contributed by atoms with van der Waals surface area (Å²) in [5, 5.41) is 0. The zero-order chi connectivity index (χ0) is 14.7. The first-order valence-corrected chi connectivity index (χ1v) is 8.46. The van der Waals surface area contributed by atoms with Crippen molar-refractivity contribution >= 4 is 0 Å². The molecule has 2 fully saturated rings. The van der Waals surface area contributed by atoms with Crippen molar-refractivity contribution in [3.8, 4) is 0 Å². The molecular formula is C18H27FN2. The quantitative estimate of drug-likeness (QED) is 0.915. The predicted molar refractivity (Wildman–Crippen MR) is 84.5 cm³/mol. The van der Waals surface area contributed by atoms with E-state index >= 15 is 0 Å². The number of likely N-dealkylation sites (tertiary alicyclic amines) is 1. The highest BCUT2D eigenvalue weighted by atomic mass is 19.1. The standard InChI is InChI=1S/C18H27FN2/c19-17-7-5-15(6-8-17)18(20)10-12-21-11-9-14-3-1-2-4-16(14)13-21/h5-8,14,16,18H,1-4,9-13,20H2. The van der Waals surface area contributed by atoms with E-state index in [0.717, 1.165) is 30.4 Å². The van der Waals surface area contributed by atoms with Gasteiger partial charge in [-0.05, 0) is 61.9 Å². The second-order valence-electron chi connectivity index (χ2n) is 6.84. The molecule has 1 aliphatic heterocycles. The van der Waals surface area contributed by atoms with Crippen LogP contribution in [-0.2, 0) is 0 Å². The van der Waals surface area contributed by atoms with E-state index in [4.69, 9.17) is 5.73 Å². The average Bonchev–Trinajstić information content (AvgIpc) is 2.53. The second kappa shape index (κ2) is 6.89. The molecule has 116 valence electrons. The largest absolute Gasteiger partial charge is 0.324 e. The van der Waals surface area contributed by atoms with Gasteiger partial charge < -0.3 is 10.6 Å². The van der Waals surface area contributed by atoms with Crippen molar-refractivity contribution in [3.05, 3.63) is 35.6 Å². The van der Waals surface area contributed by atoms with Gasteiger partial charge in [-0.1, -0.05) is 31.4 Å². The molecule has 3 unspecified atom stereocenters. The summed E-state index contributed by atoms with van der Waals surface area (Å²) in [6.45, 7) is 3.57. The molecule has 3 heteroatoms. The molecule has 0 aromatic heterocycles. The Kier molecular flexibility index (Phi) is 4.91. The highest BCUT2D eigenvalue weighted by Crippen LogP contribution is 2.36. The highest BCUT2D eigenvalue weighted by molar-refractivity contribution is 5.19. The van der Waals surface area contributed by atoms with Gasteiger partial charge in [-0.15, -0.1) is 0 Å². The summed E-state index contributed by atoms with van der Waals surface area (Å²) in [6, 6.07) is 6.65. The Balaban J connectivity index is 1.47. The Bertz CT molecular complexity index is 445. The van der Waals surface area contributed by atoms with Crippen LogP contribution < -0.4 is 5.73 Å². The van der Waals surface area contributed by atoms with Gasteiger partial charge in [-0.25, -0.2) is 4.39 Å². The van der Waals surface area contributed by atoms with Crippen molar-refractivity contribution in [2.24, 2.45) is 17.6 Å². The second-order valence-corrected chi connectivity index (χ2v) is 6.84. The molecule has 2 aliphatic rings. The maximum atomic E-state index is 12.9. The smallest absolute Gasteiger partial charge is 0.123 e. The highest BCUT2D eigenvalue weighted by Gasteiger charge is 2.30. The molecule has 2 N–H and O–H groups in total. The maximum absolute atomic E-state index is 12.9. The van der Waals surface area contributed by atoms with Gasteiger partial charge in [-0.2, -0.15) is 0 Å². The summed E-state index contributed by atoms with van der Waals surface area (Å²) in [5.41, 5.74) is 7.29. The zero-order valence-corrected chi connectivity index (χ0v) is 12.8. The molecule has 0 bridgehead atoms. The van der Waals surface area contributed by atoms with Crippen molar-refractivity contribution in [1.29, 1.82) is 0 Å². The van der Waals surface area contributed by atoms with Crippen LogP contribution in [0.25, 0.3) is 0 Å².